The first-order valence-corrected chi connectivity index (χ1v) is 10.7. The highest BCUT2D eigenvalue weighted by Gasteiger charge is 2.20. The molecule has 1 amide bonds. The van der Waals surface area contributed by atoms with Crippen LogP contribution in [0.25, 0.3) is 11.4 Å². The van der Waals surface area contributed by atoms with Gasteiger partial charge < -0.3 is 9.84 Å². The van der Waals surface area contributed by atoms with Crippen molar-refractivity contribution in [3.8, 4) is 11.4 Å². The lowest BCUT2D eigenvalue weighted by Crippen LogP contribution is -2.26. The van der Waals surface area contributed by atoms with Crippen molar-refractivity contribution in [2.75, 3.05) is 5.32 Å². The predicted octanol–water partition coefficient (Wildman–Crippen LogP) is 5.60. The zero-order valence-electron chi connectivity index (χ0n) is 18.5. The summed E-state index contributed by atoms with van der Waals surface area (Å²) < 4.78 is 18.8. The predicted molar refractivity (Wildman–Crippen MR) is 125 cm³/mol. The Morgan fingerprint density at radius 2 is 1.79 bits per heavy atom. The number of rotatable bonds is 8. The summed E-state index contributed by atoms with van der Waals surface area (Å²) in [5.74, 6) is 0.465. The third-order valence-corrected chi connectivity index (χ3v) is 5.37. The minimum Gasteiger partial charge on any atom is -0.338 e. The normalized spacial score (nSPS) is 12.0. The maximum Gasteiger partial charge on any atom is 0.241 e. The highest BCUT2D eigenvalue weighted by Crippen LogP contribution is 2.27. The first kappa shape index (κ1) is 22.4. The lowest BCUT2D eigenvalue weighted by atomic mass is 10.0. The van der Waals surface area contributed by atoms with Crippen molar-refractivity contribution < 1.29 is 13.7 Å². The number of hydrogen-bond acceptors (Lipinski definition) is 5. The molecule has 0 unspecified atom stereocenters. The number of amides is 1. The zero-order valence-corrected chi connectivity index (χ0v) is 18.5. The van der Waals surface area contributed by atoms with Gasteiger partial charge in [-0.3, -0.25) is 9.69 Å². The molecule has 6 nitrogen and oxygen atoms in total. The molecule has 3 aromatic carbocycles. The fourth-order valence-corrected chi connectivity index (χ4v) is 3.65. The molecule has 0 aliphatic rings. The van der Waals surface area contributed by atoms with E-state index in [-0.39, 0.29) is 17.8 Å². The SMILES string of the molecule is CC(=O)Nc1cccc([C@@H](C)N(Cc2ccccc2)Cc2nc(-c3ccc(F)cc3)no2)c1. The van der Waals surface area contributed by atoms with Gasteiger partial charge in [-0.2, -0.15) is 4.98 Å². The van der Waals surface area contributed by atoms with Gasteiger partial charge in [-0.25, -0.2) is 4.39 Å². The van der Waals surface area contributed by atoms with Gasteiger partial charge in [0.15, 0.2) is 0 Å². The minimum absolute atomic E-state index is 0.0000791. The van der Waals surface area contributed by atoms with E-state index in [1.807, 2.05) is 42.5 Å². The molecule has 0 bridgehead atoms. The Hall–Kier alpha value is -3.84. The third-order valence-electron chi connectivity index (χ3n) is 5.37. The van der Waals surface area contributed by atoms with Crippen LogP contribution in [0.4, 0.5) is 10.1 Å². The molecule has 0 aliphatic heterocycles. The van der Waals surface area contributed by atoms with Crippen LogP contribution in [0.1, 0.15) is 36.9 Å². The van der Waals surface area contributed by atoms with Gasteiger partial charge in [0.2, 0.25) is 17.6 Å². The fourth-order valence-electron chi connectivity index (χ4n) is 3.65. The molecule has 0 saturated carbocycles. The molecule has 1 heterocycles. The topological polar surface area (TPSA) is 71.3 Å². The van der Waals surface area contributed by atoms with Crippen LogP contribution < -0.4 is 5.32 Å². The van der Waals surface area contributed by atoms with E-state index in [2.05, 4.69) is 39.4 Å². The Balaban J connectivity index is 1.59. The number of nitrogens with one attached hydrogen (secondary N) is 1. The van der Waals surface area contributed by atoms with E-state index in [0.29, 0.717) is 30.4 Å². The quantitative estimate of drug-likeness (QED) is 0.383. The number of aromatic nitrogens is 2. The van der Waals surface area contributed by atoms with E-state index in [9.17, 15) is 9.18 Å². The summed E-state index contributed by atoms with van der Waals surface area (Å²) in [5.41, 5.74) is 3.65. The van der Waals surface area contributed by atoms with Crippen molar-refractivity contribution in [1.29, 1.82) is 0 Å². The molecule has 1 atom stereocenters. The molecule has 168 valence electrons. The summed E-state index contributed by atoms with van der Waals surface area (Å²) >= 11 is 0. The Morgan fingerprint density at radius 1 is 1.03 bits per heavy atom. The molecule has 4 rings (SSSR count). The van der Waals surface area contributed by atoms with Gasteiger partial charge in [0.05, 0.1) is 6.54 Å². The van der Waals surface area contributed by atoms with Crippen molar-refractivity contribution in [2.24, 2.45) is 0 Å². The standard InChI is InChI=1S/C26H25FN4O2/c1-18(22-9-6-10-24(15-22)28-19(2)32)31(16-20-7-4-3-5-8-20)17-25-29-26(30-33-25)21-11-13-23(27)14-12-21/h3-15,18H,16-17H2,1-2H3,(H,28,32)/t18-/m1/s1. The van der Waals surface area contributed by atoms with Gasteiger partial charge >= 0.3 is 0 Å². The van der Waals surface area contributed by atoms with E-state index in [0.717, 1.165) is 16.8 Å². The number of carbonyl (C=O) groups is 1. The highest BCUT2D eigenvalue weighted by atomic mass is 19.1. The minimum atomic E-state index is -0.313. The van der Waals surface area contributed by atoms with Gasteiger partial charge in [0, 0.05) is 30.8 Å². The molecule has 33 heavy (non-hydrogen) atoms. The van der Waals surface area contributed by atoms with Crippen molar-refractivity contribution in [3.63, 3.8) is 0 Å². The van der Waals surface area contributed by atoms with Gasteiger partial charge in [-0.15, -0.1) is 0 Å². The molecule has 1 aromatic heterocycles. The van der Waals surface area contributed by atoms with Crippen LogP contribution >= 0.6 is 0 Å². The zero-order chi connectivity index (χ0) is 23.2. The Kier molecular flexibility index (Phi) is 6.90. The average molecular weight is 445 g/mol. The van der Waals surface area contributed by atoms with Gasteiger partial charge in [-0.1, -0.05) is 47.6 Å². The summed E-state index contributed by atoms with van der Waals surface area (Å²) in [6, 6.07) is 24.0. The van der Waals surface area contributed by atoms with Crippen LogP contribution in [-0.2, 0) is 17.9 Å². The van der Waals surface area contributed by atoms with Gasteiger partial charge in [-0.05, 0) is 54.4 Å². The maximum atomic E-state index is 13.2. The van der Waals surface area contributed by atoms with E-state index < -0.39 is 0 Å². The third kappa shape index (κ3) is 5.90. The lowest BCUT2D eigenvalue weighted by molar-refractivity contribution is -0.114. The van der Waals surface area contributed by atoms with Crippen molar-refractivity contribution in [3.05, 3.63) is 102 Å². The molecule has 1 N–H and O–H groups in total. The number of hydrogen-bond donors (Lipinski definition) is 1. The smallest absolute Gasteiger partial charge is 0.241 e. The Bertz CT molecular complexity index is 1210. The Morgan fingerprint density at radius 3 is 2.52 bits per heavy atom. The van der Waals surface area contributed by atoms with Gasteiger partial charge in [0.1, 0.15) is 5.82 Å². The Labute approximate surface area is 192 Å². The van der Waals surface area contributed by atoms with Crippen LogP contribution in [0.5, 0.6) is 0 Å². The molecule has 0 fully saturated rings. The summed E-state index contributed by atoms with van der Waals surface area (Å²) in [5, 5.41) is 6.91. The summed E-state index contributed by atoms with van der Waals surface area (Å²) in [7, 11) is 0. The molecule has 0 aliphatic carbocycles. The summed E-state index contributed by atoms with van der Waals surface area (Å²) in [4.78, 5) is 18.2. The summed E-state index contributed by atoms with van der Waals surface area (Å²) in [6.45, 7) is 4.69. The number of benzene rings is 3. The molecule has 0 radical (unpaired) electrons. The second kappa shape index (κ2) is 10.2. The largest absolute Gasteiger partial charge is 0.338 e. The monoisotopic (exact) mass is 444 g/mol. The van der Waals surface area contributed by atoms with Crippen LogP contribution in [0, 0.1) is 5.82 Å². The average Bonchev–Trinajstić information content (AvgIpc) is 3.27. The second-order valence-electron chi connectivity index (χ2n) is 7.89. The number of carbonyl (C=O) groups excluding carboxylic acids is 1. The van der Waals surface area contributed by atoms with Crippen molar-refractivity contribution >= 4 is 11.6 Å². The number of anilines is 1. The molecular weight excluding hydrogens is 419 g/mol. The molecule has 4 aromatic rings. The van der Waals surface area contributed by atoms with Crippen LogP contribution in [-0.4, -0.2) is 20.9 Å². The fraction of sp³-hybridized carbons (Fsp3) is 0.192. The summed E-state index contributed by atoms with van der Waals surface area (Å²) in [6.07, 6.45) is 0. The van der Waals surface area contributed by atoms with Crippen LogP contribution in [0.15, 0.2) is 83.4 Å². The maximum absolute atomic E-state index is 13.2. The van der Waals surface area contributed by atoms with Gasteiger partial charge in [0.25, 0.3) is 0 Å². The van der Waals surface area contributed by atoms with E-state index in [4.69, 9.17) is 4.52 Å². The first-order valence-electron chi connectivity index (χ1n) is 10.7. The number of halogens is 1. The van der Waals surface area contributed by atoms with E-state index in [1.54, 1.807) is 12.1 Å². The highest BCUT2D eigenvalue weighted by molar-refractivity contribution is 5.88. The molecule has 0 saturated heterocycles. The molecular formula is C26H25FN4O2. The molecule has 0 spiro atoms. The van der Waals surface area contributed by atoms with Crippen LogP contribution in [0.2, 0.25) is 0 Å². The second-order valence-corrected chi connectivity index (χ2v) is 7.89. The van der Waals surface area contributed by atoms with Crippen molar-refractivity contribution in [1.82, 2.24) is 15.0 Å². The van der Waals surface area contributed by atoms with E-state index in [1.165, 1.54) is 19.1 Å². The van der Waals surface area contributed by atoms with E-state index >= 15 is 0 Å². The number of nitrogens with zero attached hydrogens (tertiary/aromatic N) is 3. The van der Waals surface area contributed by atoms with Crippen molar-refractivity contribution in [2.45, 2.75) is 33.0 Å². The molecule has 7 heteroatoms. The van der Waals surface area contributed by atoms with Crippen LogP contribution in [0.3, 0.4) is 0 Å². The lowest BCUT2D eigenvalue weighted by Gasteiger charge is -2.28. The first-order chi connectivity index (χ1) is 16.0.